The molecule has 0 unspecified atom stereocenters. The van der Waals surface area contributed by atoms with E-state index in [1.807, 2.05) is 0 Å². The van der Waals surface area contributed by atoms with Crippen molar-refractivity contribution in [2.24, 2.45) is 19.1 Å². The first-order valence-electron chi connectivity index (χ1n) is 3.42. The first-order valence-corrected chi connectivity index (χ1v) is 3.42. The molecule has 0 atom stereocenters. The van der Waals surface area contributed by atoms with E-state index in [0.29, 0.717) is 0 Å². The van der Waals surface area contributed by atoms with Crippen LogP contribution in [0.1, 0.15) is 0 Å². The van der Waals surface area contributed by atoms with Crippen molar-refractivity contribution >= 4 is 11.8 Å². The van der Waals surface area contributed by atoms with Gasteiger partial charge in [0, 0.05) is 20.3 Å². The normalized spacial score (nSPS) is 9.38. The van der Waals surface area contributed by atoms with Gasteiger partial charge in [-0.2, -0.15) is 4.99 Å². The summed E-state index contributed by atoms with van der Waals surface area (Å²) in [4.78, 5) is 35.4. The second-order valence-electron chi connectivity index (χ2n) is 2.48. The molecule has 1 aromatic heterocycles. The first-order chi connectivity index (χ1) is 6.07. The van der Waals surface area contributed by atoms with E-state index in [4.69, 9.17) is 0 Å². The molecule has 0 fully saturated rings. The topological polar surface area (TPSA) is 73.4 Å². The molecule has 0 aliphatic heterocycles. The Morgan fingerprint density at radius 3 is 2.54 bits per heavy atom. The minimum Gasteiger partial charge on any atom is -0.301 e. The number of isocyanates is 1. The van der Waals surface area contributed by atoms with Gasteiger partial charge < -0.3 is 4.57 Å². The van der Waals surface area contributed by atoms with Crippen molar-refractivity contribution in [1.82, 2.24) is 9.13 Å². The zero-order valence-corrected chi connectivity index (χ0v) is 7.14. The van der Waals surface area contributed by atoms with Crippen LogP contribution in [0.15, 0.2) is 20.8 Å². The average Bonchev–Trinajstić information content (AvgIpc) is 2.11. The van der Waals surface area contributed by atoms with Crippen molar-refractivity contribution in [3.05, 3.63) is 27.0 Å². The zero-order chi connectivity index (χ0) is 10.0. The van der Waals surface area contributed by atoms with Crippen LogP contribution < -0.4 is 11.2 Å². The Bertz CT molecular complexity index is 491. The summed E-state index contributed by atoms with van der Waals surface area (Å²) in [6.45, 7) is 0. The number of hydrogen-bond acceptors (Lipinski definition) is 4. The number of carbonyl (C=O) groups excluding carboxylic acids is 1. The van der Waals surface area contributed by atoms with Crippen molar-refractivity contribution in [3.63, 3.8) is 0 Å². The van der Waals surface area contributed by atoms with Gasteiger partial charge in [0.25, 0.3) is 5.56 Å². The molecule has 0 aliphatic rings. The van der Waals surface area contributed by atoms with Crippen LogP contribution in [0.3, 0.4) is 0 Å². The first kappa shape index (κ1) is 9.15. The van der Waals surface area contributed by atoms with Crippen LogP contribution in [0.25, 0.3) is 0 Å². The number of nitrogens with zero attached hydrogens (tertiary/aromatic N) is 3. The number of hydrogen-bond donors (Lipinski definition) is 0. The molecule has 13 heavy (non-hydrogen) atoms. The number of aromatic nitrogens is 2. The lowest BCUT2D eigenvalue weighted by Gasteiger charge is -2.00. The summed E-state index contributed by atoms with van der Waals surface area (Å²) in [5.74, 6) is 0. The van der Waals surface area contributed by atoms with Crippen molar-refractivity contribution in [3.8, 4) is 0 Å². The molecule has 6 nitrogen and oxygen atoms in total. The highest BCUT2D eigenvalue weighted by atomic mass is 16.2. The molecular weight excluding hydrogens is 174 g/mol. The molecule has 0 bridgehead atoms. The molecule has 0 radical (unpaired) electrons. The summed E-state index contributed by atoms with van der Waals surface area (Å²) >= 11 is 0. The van der Waals surface area contributed by atoms with Gasteiger partial charge in [-0.05, 0) is 0 Å². The smallest absolute Gasteiger partial charge is 0.301 e. The van der Waals surface area contributed by atoms with Crippen LogP contribution in [0.2, 0.25) is 0 Å². The third-order valence-corrected chi connectivity index (χ3v) is 1.59. The Morgan fingerprint density at radius 1 is 1.38 bits per heavy atom. The Morgan fingerprint density at radius 2 is 2.00 bits per heavy atom. The van der Waals surface area contributed by atoms with Crippen molar-refractivity contribution in [1.29, 1.82) is 0 Å². The molecule has 0 N–H and O–H groups in total. The van der Waals surface area contributed by atoms with Gasteiger partial charge in [-0.1, -0.05) is 0 Å². The van der Waals surface area contributed by atoms with Gasteiger partial charge in [-0.3, -0.25) is 9.36 Å². The van der Waals surface area contributed by atoms with Gasteiger partial charge in [0.1, 0.15) is 0 Å². The van der Waals surface area contributed by atoms with Crippen LogP contribution in [0, 0.1) is 0 Å². The predicted octanol–water partition coefficient (Wildman–Crippen LogP) is -0.949. The van der Waals surface area contributed by atoms with E-state index in [-0.39, 0.29) is 5.69 Å². The second-order valence-corrected chi connectivity index (χ2v) is 2.48. The summed E-state index contributed by atoms with van der Waals surface area (Å²) < 4.78 is 2.04. The van der Waals surface area contributed by atoms with Crippen molar-refractivity contribution in [2.75, 3.05) is 0 Å². The SMILES string of the molecule is Cn1cc(N=C=O)c(=O)n(C)c1=O. The van der Waals surface area contributed by atoms with Gasteiger partial charge in [-0.25, -0.2) is 9.59 Å². The van der Waals surface area contributed by atoms with Crippen LogP contribution in [0.4, 0.5) is 5.69 Å². The lowest BCUT2D eigenvalue weighted by molar-refractivity contribution is 0.565. The van der Waals surface area contributed by atoms with Crippen molar-refractivity contribution in [2.45, 2.75) is 0 Å². The van der Waals surface area contributed by atoms with Crippen LogP contribution >= 0.6 is 0 Å². The maximum absolute atomic E-state index is 11.2. The van der Waals surface area contributed by atoms with Gasteiger partial charge in [0.05, 0.1) is 0 Å². The minimum absolute atomic E-state index is 0.0976. The Labute approximate surface area is 72.8 Å². The molecule has 0 saturated heterocycles. The standard InChI is InChI=1S/C7H7N3O3/c1-9-3-5(8-4-11)6(12)10(2)7(9)13/h3H,1-2H3. The fourth-order valence-electron chi connectivity index (χ4n) is 0.915. The second kappa shape index (κ2) is 3.20. The van der Waals surface area contributed by atoms with Crippen LogP contribution in [-0.4, -0.2) is 15.2 Å². The minimum atomic E-state index is -0.605. The van der Waals surface area contributed by atoms with Gasteiger partial charge >= 0.3 is 5.69 Å². The lowest BCUT2D eigenvalue weighted by Crippen LogP contribution is -2.36. The highest BCUT2D eigenvalue weighted by molar-refractivity contribution is 5.45. The Hall–Kier alpha value is -1.94. The van der Waals surface area contributed by atoms with E-state index in [0.717, 1.165) is 9.13 Å². The van der Waals surface area contributed by atoms with Gasteiger partial charge in [0.15, 0.2) is 5.69 Å². The van der Waals surface area contributed by atoms with E-state index in [9.17, 15) is 14.4 Å². The molecular formula is C7H7N3O3. The zero-order valence-electron chi connectivity index (χ0n) is 7.14. The predicted molar refractivity (Wildman–Crippen MR) is 44.7 cm³/mol. The Balaban J connectivity index is 3.69. The summed E-state index contributed by atoms with van der Waals surface area (Å²) in [5.41, 5.74) is -1.17. The lowest BCUT2D eigenvalue weighted by atomic mass is 10.5. The van der Waals surface area contributed by atoms with E-state index < -0.39 is 11.2 Å². The molecule has 1 aromatic rings. The molecule has 0 spiro atoms. The molecule has 1 rings (SSSR count). The highest BCUT2D eigenvalue weighted by Gasteiger charge is 2.04. The highest BCUT2D eigenvalue weighted by Crippen LogP contribution is 1.97. The van der Waals surface area contributed by atoms with E-state index in [1.165, 1.54) is 26.4 Å². The average molecular weight is 181 g/mol. The fourth-order valence-corrected chi connectivity index (χ4v) is 0.915. The van der Waals surface area contributed by atoms with E-state index in [1.54, 1.807) is 0 Å². The quantitative estimate of drug-likeness (QED) is 0.414. The summed E-state index contributed by atoms with van der Waals surface area (Å²) in [6.07, 6.45) is 2.44. The van der Waals surface area contributed by atoms with Crippen molar-refractivity contribution < 1.29 is 4.79 Å². The van der Waals surface area contributed by atoms with E-state index >= 15 is 0 Å². The summed E-state index contributed by atoms with van der Waals surface area (Å²) in [7, 11) is 2.78. The summed E-state index contributed by atoms with van der Waals surface area (Å²) in [6, 6.07) is 0. The number of aliphatic imine (C=N–C) groups is 1. The largest absolute Gasteiger partial charge is 0.330 e. The summed E-state index contributed by atoms with van der Waals surface area (Å²) in [5, 5.41) is 0. The molecule has 0 aromatic carbocycles. The third-order valence-electron chi connectivity index (χ3n) is 1.59. The fraction of sp³-hybridized carbons (Fsp3) is 0.286. The van der Waals surface area contributed by atoms with E-state index in [2.05, 4.69) is 4.99 Å². The maximum atomic E-state index is 11.2. The maximum Gasteiger partial charge on any atom is 0.330 e. The number of aryl methyl sites for hydroxylation is 1. The molecule has 0 amide bonds. The monoisotopic (exact) mass is 181 g/mol. The Kier molecular flexibility index (Phi) is 2.25. The molecule has 0 saturated carbocycles. The molecule has 0 aliphatic carbocycles. The van der Waals surface area contributed by atoms with Gasteiger partial charge in [0.2, 0.25) is 6.08 Å². The molecule has 1 heterocycles. The molecule has 6 heteroatoms. The van der Waals surface area contributed by atoms with Gasteiger partial charge in [-0.15, -0.1) is 0 Å². The van der Waals surface area contributed by atoms with Crippen LogP contribution in [0.5, 0.6) is 0 Å². The number of rotatable bonds is 1. The van der Waals surface area contributed by atoms with Crippen LogP contribution in [-0.2, 0) is 18.9 Å². The third kappa shape index (κ3) is 1.47. The molecule has 68 valence electrons.